The van der Waals surface area contributed by atoms with Gasteiger partial charge in [0, 0.05) is 6.61 Å². The molecule has 0 saturated carbocycles. The van der Waals surface area contributed by atoms with Crippen LogP contribution in [0.1, 0.15) is 69.6 Å². The maximum Gasteiger partial charge on any atom is 1.00 e. The van der Waals surface area contributed by atoms with Gasteiger partial charge in [0.1, 0.15) is 6.10 Å². The second kappa shape index (κ2) is 15.9. The van der Waals surface area contributed by atoms with Crippen molar-refractivity contribution < 1.29 is 52.0 Å². The van der Waals surface area contributed by atoms with E-state index in [0.29, 0.717) is 6.61 Å². The number of hydrogen-bond donors (Lipinski definition) is 0. The fourth-order valence-corrected chi connectivity index (χ4v) is 3.12. The van der Waals surface area contributed by atoms with Crippen molar-refractivity contribution in [1.29, 1.82) is 0 Å². The van der Waals surface area contributed by atoms with Crippen LogP contribution in [0, 0.1) is 0 Å². The summed E-state index contributed by atoms with van der Waals surface area (Å²) in [6.07, 6.45) is 8.58. The molecule has 1 unspecified atom stereocenters. The molecule has 0 aliphatic rings. The predicted octanol–water partition coefficient (Wildman–Crippen LogP) is 1.23. The van der Waals surface area contributed by atoms with Crippen molar-refractivity contribution >= 4 is 10.1 Å². The van der Waals surface area contributed by atoms with Gasteiger partial charge in [0.15, 0.2) is 0 Å². The summed E-state index contributed by atoms with van der Waals surface area (Å²) in [6.45, 7) is 4.80. The zero-order valence-electron chi connectivity index (χ0n) is 17.1. The molecule has 0 bridgehead atoms. The summed E-state index contributed by atoms with van der Waals surface area (Å²) in [4.78, 5) is 0. The second-order valence-corrected chi connectivity index (χ2v) is 8.06. The van der Waals surface area contributed by atoms with Gasteiger partial charge in [-0.05, 0) is 30.9 Å². The maximum absolute atomic E-state index is 10.6. The molecule has 0 radical (unpaired) electrons. The van der Waals surface area contributed by atoms with Crippen molar-refractivity contribution in [1.82, 2.24) is 0 Å². The average Bonchev–Trinajstić information content (AvgIpc) is 2.60. The Balaban J connectivity index is 0.00000676. The minimum Gasteiger partial charge on any atom is -0.748 e. The first kappa shape index (κ1) is 27.0. The molecule has 0 fully saturated rings. The van der Waals surface area contributed by atoms with Gasteiger partial charge < -0.3 is 14.0 Å². The molecule has 150 valence electrons. The number of rotatable bonds is 15. The third-order valence-electron chi connectivity index (χ3n) is 4.29. The molecule has 1 aromatic rings. The van der Waals surface area contributed by atoms with Gasteiger partial charge in [-0.3, -0.25) is 0 Å². The first-order valence-corrected chi connectivity index (χ1v) is 11.3. The Morgan fingerprint density at radius 3 is 2.22 bits per heavy atom. The van der Waals surface area contributed by atoms with Gasteiger partial charge in [-0.1, -0.05) is 63.3 Å². The first-order chi connectivity index (χ1) is 12.5. The van der Waals surface area contributed by atoms with Gasteiger partial charge >= 0.3 is 29.6 Å². The first-order valence-electron chi connectivity index (χ1n) is 9.68. The van der Waals surface area contributed by atoms with Crippen LogP contribution in [0.15, 0.2) is 24.3 Å². The smallest absolute Gasteiger partial charge is 0.748 e. The van der Waals surface area contributed by atoms with Crippen molar-refractivity contribution in [3.8, 4) is 0 Å². The largest absolute Gasteiger partial charge is 1.00 e. The van der Waals surface area contributed by atoms with Crippen LogP contribution in [-0.4, -0.2) is 38.5 Å². The van der Waals surface area contributed by atoms with E-state index >= 15 is 0 Å². The number of benzene rings is 1. The number of aryl methyl sites for hydroxylation is 1. The van der Waals surface area contributed by atoms with E-state index in [4.69, 9.17) is 9.47 Å². The topological polar surface area (TPSA) is 75.7 Å². The molecule has 0 amide bonds. The van der Waals surface area contributed by atoms with Gasteiger partial charge in [-0.15, -0.1) is 0 Å². The van der Waals surface area contributed by atoms with Gasteiger partial charge in [0.2, 0.25) is 0 Å². The van der Waals surface area contributed by atoms with E-state index in [-0.39, 0.29) is 48.9 Å². The fourth-order valence-electron chi connectivity index (χ4n) is 2.80. The summed E-state index contributed by atoms with van der Waals surface area (Å²) < 4.78 is 42.8. The van der Waals surface area contributed by atoms with E-state index in [2.05, 4.69) is 19.1 Å². The molecule has 0 aromatic heterocycles. The summed E-state index contributed by atoms with van der Waals surface area (Å²) in [5, 5.41) is 0. The van der Waals surface area contributed by atoms with Gasteiger partial charge in [-0.2, -0.15) is 0 Å². The van der Waals surface area contributed by atoms with Crippen molar-refractivity contribution in [3.63, 3.8) is 0 Å². The molecule has 1 rings (SSSR count). The Kier molecular flexibility index (Phi) is 15.9. The monoisotopic (exact) mass is 408 g/mol. The number of unbranched alkanes of at least 4 members (excludes halogenated alkanes) is 5. The third-order valence-corrected chi connectivity index (χ3v) is 4.95. The van der Waals surface area contributed by atoms with Crippen molar-refractivity contribution in [2.45, 2.75) is 64.9 Å². The number of hydrogen-bond acceptors (Lipinski definition) is 5. The zero-order chi connectivity index (χ0) is 19.3. The number of ether oxygens (including phenoxy) is 2. The molecular formula is C20H33NaO5S. The van der Waals surface area contributed by atoms with Crippen LogP contribution >= 0.6 is 0 Å². The second-order valence-electron chi connectivity index (χ2n) is 6.54. The minimum absolute atomic E-state index is 0. The molecular weight excluding hydrogens is 375 g/mol. The van der Waals surface area contributed by atoms with Crippen LogP contribution in [0.25, 0.3) is 0 Å². The van der Waals surface area contributed by atoms with E-state index in [9.17, 15) is 13.0 Å². The van der Waals surface area contributed by atoms with Gasteiger partial charge in [0.05, 0.1) is 29.1 Å². The molecule has 5 nitrogen and oxygen atoms in total. The van der Waals surface area contributed by atoms with Crippen LogP contribution in [0.5, 0.6) is 0 Å². The van der Waals surface area contributed by atoms with Crippen molar-refractivity contribution in [2.75, 3.05) is 25.6 Å². The van der Waals surface area contributed by atoms with Crippen LogP contribution < -0.4 is 29.6 Å². The Labute approximate surface area is 187 Å². The molecule has 0 heterocycles. The molecule has 0 aliphatic carbocycles. The Morgan fingerprint density at radius 2 is 1.63 bits per heavy atom. The van der Waals surface area contributed by atoms with Crippen LogP contribution in [0.4, 0.5) is 0 Å². The predicted molar refractivity (Wildman–Crippen MR) is 103 cm³/mol. The Hall–Kier alpha value is 0.0500. The molecule has 0 saturated heterocycles. The summed E-state index contributed by atoms with van der Waals surface area (Å²) in [5.41, 5.74) is 2.32. The van der Waals surface area contributed by atoms with Crippen LogP contribution in [0.3, 0.4) is 0 Å². The van der Waals surface area contributed by atoms with E-state index in [1.54, 1.807) is 0 Å². The van der Waals surface area contributed by atoms with E-state index in [0.717, 1.165) is 12.0 Å². The van der Waals surface area contributed by atoms with E-state index in [1.165, 1.54) is 44.1 Å². The summed E-state index contributed by atoms with van der Waals surface area (Å²) in [6, 6.07) is 8.33. The summed E-state index contributed by atoms with van der Waals surface area (Å²) >= 11 is 0. The van der Waals surface area contributed by atoms with E-state index < -0.39 is 15.9 Å². The molecule has 0 spiro atoms. The van der Waals surface area contributed by atoms with E-state index in [1.807, 2.05) is 19.1 Å². The van der Waals surface area contributed by atoms with Crippen LogP contribution in [0.2, 0.25) is 0 Å². The maximum atomic E-state index is 10.6. The van der Waals surface area contributed by atoms with Crippen LogP contribution in [-0.2, 0) is 26.0 Å². The molecule has 1 aromatic carbocycles. The standard InChI is InChI=1S/C20H34O5S.Na/c1-3-5-6-7-8-9-10-18-11-13-19(14-12-18)20(25-4-2)17-24-15-16-26(21,22)23;/h11-14,20H,3-10,15-17H2,1-2H3,(H,21,22,23);/q;+1/p-1. The van der Waals surface area contributed by atoms with Crippen molar-refractivity contribution in [3.05, 3.63) is 35.4 Å². The molecule has 1 atom stereocenters. The zero-order valence-corrected chi connectivity index (χ0v) is 19.9. The van der Waals surface area contributed by atoms with Gasteiger partial charge in [-0.25, -0.2) is 8.42 Å². The average molecular weight is 409 g/mol. The molecule has 7 heteroatoms. The normalized spacial score (nSPS) is 12.6. The summed E-state index contributed by atoms with van der Waals surface area (Å²) in [7, 11) is -4.24. The third kappa shape index (κ3) is 13.8. The fraction of sp³-hybridized carbons (Fsp3) is 0.700. The molecule has 27 heavy (non-hydrogen) atoms. The van der Waals surface area contributed by atoms with Gasteiger partial charge in [0.25, 0.3) is 0 Å². The molecule has 0 aliphatic heterocycles. The van der Waals surface area contributed by atoms with Crippen molar-refractivity contribution in [2.24, 2.45) is 0 Å². The minimum atomic E-state index is -4.24. The SMILES string of the molecule is CCCCCCCCc1ccc(C(COCCS(=O)(=O)[O-])OCC)cc1.[Na+]. The Morgan fingerprint density at radius 1 is 1.00 bits per heavy atom. The molecule has 0 N–H and O–H groups in total. The quantitative estimate of drug-likeness (QED) is 0.248. The Bertz CT molecular complexity index is 575. The summed E-state index contributed by atoms with van der Waals surface area (Å²) in [5.74, 6) is -0.511.